The van der Waals surface area contributed by atoms with Crippen LogP contribution in [0.25, 0.3) is 0 Å². The highest BCUT2D eigenvalue weighted by Gasteiger charge is 2.21. The first-order chi connectivity index (χ1) is 14.7. The molecule has 0 saturated carbocycles. The Labute approximate surface area is 185 Å². The molecule has 31 heavy (non-hydrogen) atoms. The van der Waals surface area contributed by atoms with Crippen LogP contribution < -0.4 is 10.0 Å². The Morgan fingerprint density at radius 2 is 1.71 bits per heavy atom. The molecule has 10 heteroatoms. The Hall–Kier alpha value is -2.91. The lowest BCUT2D eigenvalue weighted by Crippen LogP contribution is -2.16. The Morgan fingerprint density at radius 3 is 2.32 bits per heavy atom. The molecule has 3 rings (SSSR count). The number of aryl methyl sites for hydroxylation is 1. The fourth-order valence-electron chi connectivity index (χ4n) is 2.99. The molecule has 0 aliphatic heterocycles. The zero-order valence-corrected chi connectivity index (χ0v) is 18.6. The van der Waals surface area contributed by atoms with Gasteiger partial charge in [0, 0.05) is 11.4 Å². The smallest absolute Gasteiger partial charge is 0.260 e. The summed E-state index contributed by atoms with van der Waals surface area (Å²) in [6.45, 7) is 3.75. The van der Waals surface area contributed by atoms with Crippen molar-refractivity contribution in [3.63, 3.8) is 0 Å². The summed E-state index contributed by atoms with van der Waals surface area (Å²) in [6, 6.07) is 12.3. The average Bonchev–Trinajstić information content (AvgIpc) is 2.98. The Kier molecular flexibility index (Phi) is 6.97. The predicted octanol–water partition coefficient (Wildman–Crippen LogP) is 4.44. The molecule has 0 aliphatic rings. The van der Waals surface area contributed by atoms with Gasteiger partial charge in [-0.3, -0.25) is 9.52 Å². The van der Waals surface area contributed by atoms with Gasteiger partial charge in [-0.2, -0.15) is 5.10 Å². The summed E-state index contributed by atoms with van der Waals surface area (Å²) in [4.78, 5) is 12.8. The lowest BCUT2D eigenvalue weighted by atomic mass is 10.2. The minimum Gasteiger partial charge on any atom is -0.322 e. The van der Waals surface area contributed by atoms with Crippen molar-refractivity contribution in [3.05, 3.63) is 76.3 Å². The normalized spacial score (nSPS) is 11.4. The van der Waals surface area contributed by atoms with Gasteiger partial charge >= 0.3 is 0 Å². The van der Waals surface area contributed by atoms with Crippen LogP contribution in [-0.4, -0.2) is 29.9 Å². The number of amides is 1. The molecule has 0 spiro atoms. The topological polar surface area (TPSA) is 93.1 Å². The zero-order chi connectivity index (χ0) is 22.6. The molecule has 0 fully saturated rings. The second-order valence-corrected chi connectivity index (χ2v) is 9.19. The van der Waals surface area contributed by atoms with Crippen LogP contribution in [-0.2, 0) is 16.6 Å². The minimum absolute atomic E-state index is 0.0329. The van der Waals surface area contributed by atoms with E-state index in [2.05, 4.69) is 15.1 Å². The molecule has 0 saturated heterocycles. The first-order valence-corrected chi connectivity index (χ1v) is 11.6. The van der Waals surface area contributed by atoms with Crippen LogP contribution in [0.2, 0.25) is 5.15 Å². The molecular formula is C21H22ClFN4O3S. The van der Waals surface area contributed by atoms with Crippen LogP contribution in [0.3, 0.4) is 0 Å². The minimum atomic E-state index is -3.39. The van der Waals surface area contributed by atoms with Crippen LogP contribution in [0.4, 0.5) is 15.8 Å². The number of hydrogen-bond acceptors (Lipinski definition) is 4. The van der Waals surface area contributed by atoms with Gasteiger partial charge in [0.15, 0.2) is 0 Å². The molecule has 1 heterocycles. The van der Waals surface area contributed by atoms with Crippen molar-refractivity contribution >= 4 is 38.9 Å². The van der Waals surface area contributed by atoms with E-state index in [9.17, 15) is 17.6 Å². The Morgan fingerprint density at radius 1 is 1.10 bits per heavy atom. The maximum Gasteiger partial charge on any atom is 0.260 e. The molecule has 1 amide bonds. The Bertz CT molecular complexity index is 1180. The summed E-state index contributed by atoms with van der Waals surface area (Å²) in [5.41, 5.74) is 2.36. The molecule has 1 aromatic heterocycles. The van der Waals surface area contributed by atoms with Crippen molar-refractivity contribution in [2.24, 2.45) is 0 Å². The molecule has 0 unspecified atom stereocenters. The van der Waals surface area contributed by atoms with E-state index in [1.165, 1.54) is 16.8 Å². The quantitative estimate of drug-likeness (QED) is 0.515. The molecular weight excluding hydrogens is 443 g/mol. The van der Waals surface area contributed by atoms with E-state index < -0.39 is 15.9 Å². The molecule has 0 radical (unpaired) electrons. The van der Waals surface area contributed by atoms with Crippen molar-refractivity contribution in [3.8, 4) is 0 Å². The second kappa shape index (κ2) is 9.49. The summed E-state index contributed by atoms with van der Waals surface area (Å²) in [5, 5.41) is 7.22. The highest BCUT2D eigenvalue weighted by Crippen LogP contribution is 2.23. The van der Waals surface area contributed by atoms with Gasteiger partial charge in [-0.05, 0) is 55.3 Å². The van der Waals surface area contributed by atoms with Crippen LogP contribution in [0, 0.1) is 12.7 Å². The SMILES string of the molecule is CCCS(=O)(=O)Nc1ccc(NC(=O)c2c(C)nn(Cc3ccc(F)cc3)c2Cl)cc1. The standard InChI is InChI=1S/C21H22ClFN4O3S/c1-3-12-31(29,30)26-18-10-8-17(9-11-18)24-21(28)19-14(2)25-27(20(19)22)13-15-4-6-16(23)7-5-15/h4-11,26H,3,12-13H2,1-2H3,(H,24,28). The van der Waals surface area contributed by atoms with Crippen LogP contribution >= 0.6 is 11.6 Å². The van der Waals surface area contributed by atoms with Crippen molar-refractivity contribution in [1.29, 1.82) is 0 Å². The number of aromatic nitrogens is 2. The van der Waals surface area contributed by atoms with E-state index in [4.69, 9.17) is 11.6 Å². The van der Waals surface area contributed by atoms with Gasteiger partial charge in [0.05, 0.1) is 23.6 Å². The first-order valence-electron chi connectivity index (χ1n) is 9.58. The molecule has 3 aromatic rings. The van der Waals surface area contributed by atoms with E-state index in [0.29, 0.717) is 30.0 Å². The van der Waals surface area contributed by atoms with Gasteiger partial charge in [0.2, 0.25) is 10.0 Å². The average molecular weight is 465 g/mol. The number of carbonyl (C=O) groups is 1. The fraction of sp³-hybridized carbons (Fsp3) is 0.238. The summed E-state index contributed by atoms with van der Waals surface area (Å²) in [6.07, 6.45) is 0.512. The molecule has 164 valence electrons. The van der Waals surface area contributed by atoms with Gasteiger partial charge < -0.3 is 5.32 Å². The first kappa shape index (κ1) is 22.8. The maximum absolute atomic E-state index is 13.1. The van der Waals surface area contributed by atoms with E-state index in [1.807, 2.05) is 0 Å². The van der Waals surface area contributed by atoms with E-state index >= 15 is 0 Å². The van der Waals surface area contributed by atoms with Gasteiger partial charge in [0.1, 0.15) is 11.0 Å². The van der Waals surface area contributed by atoms with Gasteiger partial charge in [-0.15, -0.1) is 0 Å². The second-order valence-electron chi connectivity index (χ2n) is 6.99. The number of rotatable bonds is 8. The Balaban J connectivity index is 1.72. The molecule has 2 aromatic carbocycles. The van der Waals surface area contributed by atoms with Crippen molar-refractivity contribution in [2.45, 2.75) is 26.8 Å². The molecule has 0 aliphatic carbocycles. The van der Waals surface area contributed by atoms with E-state index in [-0.39, 0.29) is 22.3 Å². The third-order valence-corrected chi connectivity index (χ3v) is 6.30. The molecule has 0 atom stereocenters. The van der Waals surface area contributed by atoms with E-state index in [0.717, 1.165) is 5.56 Å². The van der Waals surface area contributed by atoms with Gasteiger partial charge in [-0.1, -0.05) is 30.7 Å². The third kappa shape index (κ3) is 5.83. The number of halogens is 2. The van der Waals surface area contributed by atoms with Crippen molar-refractivity contribution in [1.82, 2.24) is 9.78 Å². The van der Waals surface area contributed by atoms with Gasteiger partial charge in [0.25, 0.3) is 5.91 Å². The number of benzene rings is 2. The van der Waals surface area contributed by atoms with Crippen molar-refractivity contribution < 1.29 is 17.6 Å². The molecule has 7 nitrogen and oxygen atoms in total. The zero-order valence-electron chi connectivity index (χ0n) is 17.0. The molecule has 2 N–H and O–H groups in total. The summed E-state index contributed by atoms with van der Waals surface area (Å²) >= 11 is 6.39. The predicted molar refractivity (Wildman–Crippen MR) is 120 cm³/mol. The lowest BCUT2D eigenvalue weighted by Gasteiger charge is -2.09. The fourth-order valence-corrected chi connectivity index (χ4v) is 4.45. The maximum atomic E-state index is 13.1. The van der Waals surface area contributed by atoms with Crippen molar-refractivity contribution in [2.75, 3.05) is 15.8 Å². The molecule has 0 bridgehead atoms. The van der Waals surface area contributed by atoms with E-state index in [1.54, 1.807) is 50.2 Å². The number of nitrogens with zero attached hydrogens (tertiary/aromatic N) is 2. The van der Waals surface area contributed by atoms with Crippen LogP contribution in [0.1, 0.15) is 35.0 Å². The third-order valence-electron chi connectivity index (χ3n) is 4.43. The summed E-state index contributed by atoms with van der Waals surface area (Å²) < 4.78 is 40.7. The number of nitrogens with one attached hydrogen (secondary N) is 2. The lowest BCUT2D eigenvalue weighted by molar-refractivity contribution is 0.102. The number of sulfonamides is 1. The number of carbonyl (C=O) groups excluding carboxylic acids is 1. The number of anilines is 2. The largest absolute Gasteiger partial charge is 0.322 e. The highest BCUT2D eigenvalue weighted by molar-refractivity contribution is 7.92. The number of hydrogen-bond donors (Lipinski definition) is 2. The highest BCUT2D eigenvalue weighted by atomic mass is 35.5. The monoisotopic (exact) mass is 464 g/mol. The van der Waals surface area contributed by atoms with Gasteiger partial charge in [-0.25, -0.2) is 17.5 Å². The van der Waals surface area contributed by atoms with Crippen LogP contribution in [0.5, 0.6) is 0 Å². The summed E-state index contributed by atoms with van der Waals surface area (Å²) in [7, 11) is -3.39. The summed E-state index contributed by atoms with van der Waals surface area (Å²) in [5.74, 6) is -0.742. The van der Waals surface area contributed by atoms with Crippen LogP contribution in [0.15, 0.2) is 48.5 Å².